The van der Waals surface area contributed by atoms with Crippen molar-refractivity contribution in [3.8, 4) is 0 Å². The molecular formula is C16H29N3O2. The Labute approximate surface area is 128 Å². The van der Waals surface area contributed by atoms with Crippen LogP contribution in [0.25, 0.3) is 0 Å². The molecule has 3 amide bonds. The first kappa shape index (κ1) is 16.1. The van der Waals surface area contributed by atoms with Crippen molar-refractivity contribution < 1.29 is 9.59 Å². The van der Waals surface area contributed by atoms with Crippen molar-refractivity contribution >= 4 is 11.9 Å². The monoisotopic (exact) mass is 295 g/mol. The SMILES string of the molecule is CC(C)(C)CC(=O)N1CCN(C(=O)NC2CCCC2)CC1. The van der Waals surface area contributed by atoms with Crippen LogP contribution in [0.2, 0.25) is 0 Å². The van der Waals surface area contributed by atoms with E-state index in [4.69, 9.17) is 0 Å². The third-order valence-electron chi connectivity index (χ3n) is 4.28. The van der Waals surface area contributed by atoms with E-state index in [1.165, 1.54) is 12.8 Å². The number of piperazine rings is 1. The average Bonchev–Trinajstić information content (AvgIpc) is 2.90. The van der Waals surface area contributed by atoms with Gasteiger partial charge in [0.2, 0.25) is 5.91 Å². The summed E-state index contributed by atoms with van der Waals surface area (Å²) < 4.78 is 0. The molecule has 1 heterocycles. The Bertz CT molecular complexity index is 375. The fourth-order valence-electron chi connectivity index (χ4n) is 3.06. The molecule has 0 unspecified atom stereocenters. The van der Waals surface area contributed by atoms with Crippen LogP contribution in [0.3, 0.4) is 0 Å². The number of hydrogen-bond acceptors (Lipinski definition) is 2. The Balaban J connectivity index is 1.74. The Morgan fingerprint density at radius 2 is 1.52 bits per heavy atom. The van der Waals surface area contributed by atoms with E-state index in [2.05, 4.69) is 26.1 Å². The molecule has 120 valence electrons. The third-order valence-corrected chi connectivity index (χ3v) is 4.28. The van der Waals surface area contributed by atoms with Crippen LogP contribution in [0.15, 0.2) is 0 Å². The zero-order valence-corrected chi connectivity index (χ0v) is 13.7. The van der Waals surface area contributed by atoms with E-state index in [0.717, 1.165) is 12.8 Å². The highest BCUT2D eigenvalue weighted by molar-refractivity contribution is 5.78. The number of carbonyl (C=O) groups excluding carboxylic acids is 2. The molecule has 5 heteroatoms. The van der Waals surface area contributed by atoms with Crippen molar-refractivity contribution in [1.29, 1.82) is 0 Å². The van der Waals surface area contributed by atoms with Crippen molar-refractivity contribution in [2.24, 2.45) is 5.41 Å². The fraction of sp³-hybridized carbons (Fsp3) is 0.875. The zero-order chi connectivity index (χ0) is 15.5. The van der Waals surface area contributed by atoms with Gasteiger partial charge in [-0.2, -0.15) is 0 Å². The number of nitrogens with one attached hydrogen (secondary N) is 1. The third kappa shape index (κ3) is 4.90. The summed E-state index contributed by atoms with van der Waals surface area (Å²) in [6.07, 6.45) is 5.23. The van der Waals surface area contributed by atoms with E-state index in [9.17, 15) is 9.59 Å². The summed E-state index contributed by atoms with van der Waals surface area (Å²) in [7, 11) is 0. The number of amides is 3. The lowest BCUT2D eigenvalue weighted by Gasteiger charge is -2.36. The van der Waals surface area contributed by atoms with Gasteiger partial charge in [0.25, 0.3) is 0 Å². The van der Waals surface area contributed by atoms with Gasteiger partial charge in [-0.25, -0.2) is 4.79 Å². The first-order chi connectivity index (χ1) is 9.85. The lowest BCUT2D eigenvalue weighted by atomic mass is 9.91. The van der Waals surface area contributed by atoms with E-state index >= 15 is 0 Å². The van der Waals surface area contributed by atoms with Gasteiger partial charge in [0.1, 0.15) is 0 Å². The van der Waals surface area contributed by atoms with Crippen molar-refractivity contribution in [1.82, 2.24) is 15.1 Å². The molecular weight excluding hydrogens is 266 g/mol. The van der Waals surface area contributed by atoms with Crippen LogP contribution in [0.1, 0.15) is 52.9 Å². The molecule has 0 aromatic rings. The highest BCUT2D eigenvalue weighted by Crippen LogP contribution is 2.21. The van der Waals surface area contributed by atoms with Gasteiger partial charge < -0.3 is 15.1 Å². The molecule has 0 atom stereocenters. The molecule has 2 fully saturated rings. The zero-order valence-electron chi connectivity index (χ0n) is 13.7. The summed E-state index contributed by atoms with van der Waals surface area (Å²) >= 11 is 0. The van der Waals surface area contributed by atoms with Gasteiger partial charge in [0.05, 0.1) is 0 Å². The molecule has 2 aliphatic rings. The molecule has 1 aliphatic carbocycles. The second-order valence-corrected chi connectivity index (χ2v) is 7.54. The van der Waals surface area contributed by atoms with Crippen LogP contribution < -0.4 is 5.32 Å². The Hall–Kier alpha value is -1.26. The predicted molar refractivity (Wildman–Crippen MR) is 83.0 cm³/mol. The number of hydrogen-bond donors (Lipinski definition) is 1. The van der Waals surface area contributed by atoms with Gasteiger partial charge in [-0.05, 0) is 18.3 Å². The highest BCUT2D eigenvalue weighted by Gasteiger charge is 2.27. The normalized spacial score (nSPS) is 20.7. The van der Waals surface area contributed by atoms with Crippen LogP contribution in [0.4, 0.5) is 4.79 Å². The molecule has 0 spiro atoms. The predicted octanol–water partition coefficient (Wildman–Crippen LogP) is 2.22. The van der Waals surface area contributed by atoms with Crippen molar-refractivity contribution in [2.75, 3.05) is 26.2 Å². The Morgan fingerprint density at radius 1 is 1.00 bits per heavy atom. The second-order valence-electron chi connectivity index (χ2n) is 7.54. The van der Waals surface area contributed by atoms with Crippen LogP contribution in [-0.2, 0) is 4.79 Å². The summed E-state index contributed by atoms with van der Waals surface area (Å²) in [5.41, 5.74) is 0.0219. The molecule has 0 bridgehead atoms. The molecule has 5 nitrogen and oxygen atoms in total. The van der Waals surface area contributed by atoms with Gasteiger partial charge in [0, 0.05) is 38.6 Å². The summed E-state index contributed by atoms with van der Waals surface area (Å²) in [5.74, 6) is 0.207. The molecule has 0 aromatic carbocycles. The number of rotatable bonds is 2. The molecule has 1 N–H and O–H groups in total. The van der Waals surface area contributed by atoms with Gasteiger partial charge in [-0.15, -0.1) is 0 Å². The average molecular weight is 295 g/mol. The van der Waals surface area contributed by atoms with Crippen molar-refractivity contribution in [3.05, 3.63) is 0 Å². The number of carbonyl (C=O) groups is 2. The van der Waals surface area contributed by atoms with Gasteiger partial charge in [-0.3, -0.25) is 4.79 Å². The Morgan fingerprint density at radius 3 is 2.05 bits per heavy atom. The van der Waals surface area contributed by atoms with Crippen molar-refractivity contribution in [3.63, 3.8) is 0 Å². The maximum absolute atomic E-state index is 12.2. The maximum atomic E-state index is 12.2. The van der Waals surface area contributed by atoms with E-state index in [1.54, 1.807) is 0 Å². The largest absolute Gasteiger partial charge is 0.339 e. The van der Waals surface area contributed by atoms with Gasteiger partial charge >= 0.3 is 6.03 Å². The smallest absolute Gasteiger partial charge is 0.317 e. The van der Waals surface area contributed by atoms with E-state index in [1.807, 2.05) is 9.80 Å². The van der Waals surface area contributed by atoms with Crippen LogP contribution >= 0.6 is 0 Å². The molecule has 1 aliphatic heterocycles. The molecule has 2 rings (SSSR count). The second kappa shape index (κ2) is 6.67. The highest BCUT2D eigenvalue weighted by atomic mass is 16.2. The minimum absolute atomic E-state index is 0.0219. The van der Waals surface area contributed by atoms with E-state index in [0.29, 0.717) is 38.6 Å². The van der Waals surface area contributed by atoms with E-state index < -0.39 is 0 Å². The molecule has 21 heavy (non-hydrogen) atoms. The summed E-state index contributed by atoms with van der Waals surface area (Å²) in [4.78, 5) is 28.1. The quantitative estimate of drug-likeness (QED) is 0.849. The molecule has 1 saturated carbocycles. The summed E-state index contributed by atoms with van der Waals surface area (Å²) in [5, 5.41) is 3.11. The number of nitrogens with zero attached hydrogens (tertiary/aromatic N) is 2. The number of urea groups is 1. The Kier molecular flexibility index (Phi) is 5.12. The summed E-state index contributed by atoms with van der Waals surface area (Å²) in [6.45, 7) is 8.85. The molecule has 0 aromatic heterocycles. The van der Waals surface area contributed by atoms with E-state index in [-0.39, 0.29) is 17.4 Å². The van der Waals surface area contributed by atoms with Crippen LogP contribution in [0, 0.1) is 5.41 Å². The lowest BCUT2D eigenvalue weighted by molar-refractivity contribution is -0.134. The lowest BCUT2D eigenvalue weighted by Crippen LogP contribution is -2.54. The maximum Gasteiger partial charge on any atom is 0.317 e. The van der Waals surface area contributed by atoms with Crippen molar-refractivity contribution in [2.45, 2.75) is 58.9 Å². The standard InChI is InChI=1S/C16H29N3O2/c1-16(2,3)12-14(20)18-8-10-19(11-9-18)15(21)17-13-6-4-5-7-13/h13H,4-12H2,1-3H3,(H,17,21). The minimum atomic E-state index is 0.0219. The molecule has 0 radical (unpaired) electrons. The fourth-order valence-corrected chi connectivity index (χ4v) is 3.06. The van der Waals surface area contributed by atoms with Crippen LogP contribution in [0.5, 0.6) is 0 Å². The first-order valence-electron chi connectivity index (χ1n) is 8.18. The van der Waals surface area contributed by atoms with Gasteiger partial charge in [0.15, 0.2) is 0 Å². The minimum Gasteiger partial charge on any atom is -0.339 e. The van der Waals surface area contributed by atoms with Crippen LogP contribution in [-0.4, -0.2) is 54.0 Å². The molecule has 1 saturated heterocycles. The summed E-state index contributed by atoms with van der Waals surface area (Å²) in [6, 6.07) is 0.405. The van der Waals surface area contributed by atoms with Gasteiger partial charge in [-0.1, -0.05) is 33.6 Å². The topological polar surface area (TPSA) is 52.7 Å². The first-order valence-corrected chi connectivity index (χ1v) is 8.18.